The Balaban J connectivity index is 2.44. The summed E-state index contributed by atoms with van der Waals surface area (Å²) in [5, 5.41) is 2.87. The molecule has 1 aliphatic heterocycles. The molecule has 4 heteroatoms. The van der Waals surface area contributed by atoms with Crippen molar-refractivity contribution in [3.8, 4) is 0 Å². The molecule has 1 N–H and O–H groups in total. The largest absolute Gasteiger partial charge is 0.313 e. The Hall–Kier alpha value is -0.900. The third kappa shape index (κ3) is 3.30. The zero-order valence-electron chi connectivity index (χ0n) is 10.8. The van der Waals surface area contributed by atoms with E-state index in [0.717, 1.165) is 31.9 Å². The fraction of sp³-hybridized carbons (Fsp3) is 0.833. The van der Waals surface area contributed by atoms with Crippen LogP contribution in [0.1, 0.15) is 34.1 Å². The Bertz CT molecular complexity index is 269. The molecule has 0 aromatic carbocycles. The molecule has 0 spiro atoms. The van der Waals surface area contributed by atoms with Gasteiger partial charge >= 0.3 is 0 Å². The molecule has 0 bridgehead atoms. The minimum absolute atomic E-state index is 0.0598. The van der Waals surface area contributed by atoms with Gasteiger partial charge in [-0.25, -0.2) is 0 Å². The number of rotatable bonds is 6. The van der Waals surface area contributed by atoms with Crippen molar-refractivity contribution in [3.63, 3.8) is 0 Å². The monoisotopic (exact) mass is 225 g/mol. The molecule has 0 aromatic rings. The summed E-state index contributed by atoms with van der Waals surface area (Å²) in [6.07, 6.45) is 0.844. The maximum Gasteiger partial charge on any atom is 0.250 e. The average Bonchev–Trinajstić information content (AvgIpc) is 2.61. The molecular weight excluding hydrogens is 202 g/mol. The zero-order chi connectivity index (χ0) is 12.1. The molecule has 1 atom stereocenters. The lowest BCUT2D eigenvalue weighted by molar-refractivity contribution is -0.120. The third-order valence-corrected chi connectivity index (χ3v) is 3.02. The second kappa shape index (κ2) is 5.99. The molecule has 0 fully saturated rings. The summed E-state index contributed by atoms with van der Waals surface area (Å²) in [5.41, 5.74) is 0. The van der Waals surface area contributed by atoms with Gasteiger partial charge in [0, 0.05) is 13.0 Å². The van der Waals surface area contributed by atoms with E-state index in [-0.39, 0.29) is 17.9 Å². The Labute approximate surface area is 98.1 Å². The predicted molar refractivity (Wildman–Crippen MR) is 66.6 cm³/mol. The molecule has 16 heavy (non-hydrogen) atoms. The van der Waals surface area contributed by atoms with Gasteiger partial charge in [0.1, 0.15) is 11.9 Å². The van der Waals surface area contributed by atoms with Crippen LogP contribution in [-0.2, 0) is 4.79 Å². The second-order valence-electron chi connectivity index (χ2n) is 4.53. The topological polar surface area (TPSA) is 44.7 Å². The highest BCUT2D eigenvalue weighted by Crippen LogP contribution is 2.12. The van der Waals surface area contributed by atoms with Crippen molar-refractivity contribution in [2.45, 2.75) is 40.2 Å². The lowest BCUT2D eigenvalue weighted by atomic mass is 10.1. The molecule has 0 aromatic heterocycles. The number of carbonyl (C=O) groups excluding carboxylic acids is 1. The lowest BCUT2D eigenvalue weighted by Crippen LogP contribution is -2.33. The maximum atomic E-state index is 11.6. The minimum Gasteiger partial charge on any atom is -0.313 e. The zero-order valence-corrected chi connectivity index (χ0v) is 10.8. The van der Waals surface area contributed by atoms with Crippen LogP contribution in [0.5, 0.6) is 0 Å². The van der Waals surface area contributed by atoms with E-state index in [0.29, 0.717) is 0 Å². The molecule has 1 amide bonds. The molecular formula is C12H23N3O. The standard InChI is InChI=1S/C12H23N3O/c1-5-15(6-2)8-7-10-13-11(9(3)4)12(16)14-10/h9,11H,5-8H2,1-4H3,(H,13,14,16). The number of hydrogen-bond acceptors (Lipinski definition) is 3. The summed E-state index contributed by atoms with van der Waals surface area (Å²) >= 11 is 0. The number of aliphatic imine (C=N–C) groups is 1. The van der Waals surface area contributed by atoms with E-state index in [1.165, 1.54) is 0 Å². The Morgan fingerprint density at radius 3 is 2.44 bits per heavy atom. The third-order valence-electron chi connectivity index (χ3n) is 3.02. The molecule has 92 valence electrons. The quantitative estimate of drug-likeness (QED) is 0.740. The number of nitrogens with zero attached hydrogens (tertiary/aromatic N) is 2. The highest BCUT2D eigenvalue weighted by molar-refractivity contribution is 6.05. The van der Waals surface area contributed by atoms with Gasteiger partial charge in [-0.3, -0.25) is 9.79 Å². The van der Waals surface area contributed by atoms with E-state index in [4.69, 9.17) is 0 Å². The van der Waals surface area contributed by atoms with Crippen molar-refractivity contribution in [1.29, 1.82) is 0 Å². The van der Waals surface area contributed by atoms with Crippen molar-refractivity contribution in [3.05, 3.63) is 0 Å². The first kappa shape index (κ1) is 13.2. The van der Waals surface area contributed by atoms with E-state index in [9.17, 15) is 4.79 Å². The fourth-order valence-corrected chi connectivity index (χ4v) is 1.86. The van der Waals surface area contributed by atoms with Crippen LogP contribution >= 0.6 is 0 Å². The van der Waals surface area contributed by atoms with Crippen LogP contribution in [-0.4, -0.2) is 42.3 Å². The van der Waals surface area contributed by atoms with Crippen LogP contribution in [0.15, 0.2) is 4.99 Å². The van der Waals surface area contributed by atoms with E-state index in [2.05, 4.69) is 29.1 Å². The van der Waals surface area contributed by atoms with E-state index in [1.54, 1.807) is 0 Å². The smallest absolute Gasteiger partial charge is 0.250 e. The molecule has 1 heterocycles. The first-order valence-corrected chi connectivity index (χ1v) is 6.18. The van der Waals surface area contributed by atoms with Crippen LogP contribution in [0.2, 0.25) is 0 Å². The molecule has 1 aliphatic rings. The first-order chi connectivity index (χ1) is 7.58. The molecule has 0 saturated heterocycles. The van der Waals surface area contributed by atoms with Crippen LogP contribution < -0.4 is 5.32 Å². The number of carbonyl (C=O) groups is 1. The van der Waals surface area contributed by atoms with Crippen molar-refractivity contribution in [2.75, 3.05) is 19.6 Å². The predicted octanol–water partition coefficient (Wildman–Crippen LogP) is 1.27. The van der Waals surface area contributed by atoms with Crippen LogP contribution in [0, 0.1) is 5.92 Å². The number of hydrogen-bond donors (Lipinski definition) is 1. The summed E-state index contributed by atoms with van der Waals surface area (Å²) < 4.78 is 0. The Morgan fingerprint density at radius 1 is 1.38 bits per heavy atom. The van der Waals surface area contributed by atoms with Gasteiger partial charge in [-0.15, -0.1) is 0 Å². The number of amidine groups is 1. The van der Waals surface area contributed by atoms with Gasteiger partial charge < -0.3 is 10.2 Å². The summed E-state index contributed by atoms with van der Waals surface area (Å²) in [5.74, 6) is 1.20. The van der Waals surface area contributed by atoms with Gasteiger partial charge in [-0.1, -0.05) is 27.7 Å². The molecule has 0 aliphatic carbocycles. The molecule has 4 nitrogen and oxygen atoms in total. The highest BCUT2D eigenvalue weighted by atomic mass is 16.2. The van der Waals surface area contributed by atoms with Crippen LogP contribution in [0.3, 0.4) is 0 Å². The summed E-state index contributed by atoms with van der Waals surface area (Å²) in [7, 11) is 0. The molecule has 1 unspecified atom stereocenters. The van der Waals surface area contributed by atoms with E-state index < -0.39 is 0 Å². The van der Waals surface area contributed by atoms with Gasteiger partial charge in [0.2, 0.25) is 5.91 Å². The van der Waals surface area contributed by atoms with E-state index >= 15 is 0 Å². The van der Waals surface area contributed by atoms with Gasteiger partial charge in [-0.05, 0) is 19.0 Å². The maximum absolute atomic E-state index is 11.6. The van der Waals surface area contributed by atoms with Gasteiger partial charge in [0.15, 0.2) is 0 Å². The molecule has 1 rings (SSSR count). The number of nitrogens with one attached hydrogen (secondary N) is 1. The second-order valence-corrected chi connectivity index (χ2v) is 4.53. The van der Waals surface area contributed by atoms with Gasteiger partial charge in [0.05, 0.1) is 0 Å². The number of amides is 1. The Morgan fingerprint density at radius 2 is 2.00 bits per heavy atom. The van der Waals surface area contributed by atoms with Gasteiger partial charge in [0.25, 0.3) is 0 Å². The van der Waals surface area contributed by atoms with Crippen LogP contribution in [0.4, 0.5) is 0 Å². The summed E-state index contributed by atoms with van der Waals surface area (Å²) in [6.45, 7) is 11.4. The molecule has 0 radical (unpaired) electrons. The van der Waals surface area contributed by atoms with Crippen molar-refractivity contribution in [1.82, 2.24) is 10.2 Å². The average molecular weight is 225 g/mol. The van der Waals surface area contributed by atoms with Crippen molar-refractivity contribution in [2.24, 2.45) is 10.9 Å². The summed E-state index contributed by atoms with van der Waals surface area (Å²) in [6, 6.07) is -0.174. The van der Waals surface area contributed by atoms with E-state index in [1.807, 2.05) is 13.8 Å². The minimum atomic E-state index is -0.174. The van der Waals surface area contributed by atoms with Crippen LogP contribution in [0.25, 0.3) is 0 Å². The van der Waals surface area contributed by atoms with Gasteiger partial charge in [-0.2, -0.15) is 0 Å². The summed E-state index contributed by atoms with van der Waals surface area (Å²) in [4.78, 5) is 18.3. The SMILES string of the molecule is CCN(CC)CCC1=NC(C(C)C)C(=O)N1. The fourth-order valence-electron chi connectivity index (χ4n) is 1.86. The normalized spacial score (nSPS) is 20.5. The van der Waals surface area contributed by atoms with Crippen molar-refractivity contribution >= 4 is 11.7 Å². The molecule has 0 saturated carbocycles. The Kier molecular flexibility index (Phi) is 4.93. The first-order valence-electron chi connectivity index (χ1n) is 6.18. The van der Waals surface area contributed by atoms with Crippen molar-refractivity contribution < 1.29 is 4.79 Å². The highest BCUT2D eigenvalue weighted by Gasteiger charge is 2.28. The lowest BCUT2D eigenvalue weighted by Gasteiger charge is -2.17.